The van der Waals surface area contributed by atoms with Gasteiger partial charge in [-0.3, -0.25) is 4.79 Å². The Labute approximate surface area is 169 Å². The Morgan fingerprint density at radius 3 is 1.96 bits per heavy atom. The molecule has 0 fully saturated rings. The van der Waals surface area contributed by atoms with Gasteiger partial charge < -0.3 is 20.2 Å². The van der Waals surface area contributed by atoms with Crippen molar-refractivity contribution in [3.05, 3.63) is 33.6 Å². The molecule has 2 rings (SSSR count). The van der Waals surface area contributed by atoms with E-state index >= 15 is 0 Å². The van der Waals surface area contributed by atoms with Gasteiger partial charge in [-0.25, -0.2) is 9.78 Å². The molecule has 0 aliphatic rings. The molecule has 1 aromatic carbocycles. The topological polar surface area (TPSA) is 111 Å². The highest BCUT2D eigenvalue weighted by Crippen LogP contribution is 2.38. The van der Waals surface area contributed by atoms with Gasteiger partial charge in [-0.2, -0.15) is 0 Å². The van der Waals surface area contributed by atoms with Crippen LogP contribution in [0.5, 0.6) is 5.75 Å². The van der Waals surface area contributed by atoms with E-state index in [0.29, 0.717) is 5.75 Å². The minimum absolute atomic E-state index is 0.207. The molecule has 1 aromatic heterocycles. The minimum Gasteiger partial charge on any atom is -0.507 e. The van der Waals surface area contributed by atoms with E-state index in [-0.39, 0.29) is 18.4 Å². The molecule has 154 valence electrons. The molecule has 2 aromatic rings. The van der Waals surface area contributed by atoms with Crippen molar-refractivity contribution < 1.29 is 24.9 Å². The summed E-state index contributed by atoms with van der Waals surface area (Å²) in [4.78, 5) is 25.7. The maximum atomic E-state index is 10.9. The summed E-state index contributed by atoms with van der Waals surface area (Å²) in [6.07, 6.45) is -0.972. The van der Waals surface area contributed by atoms with E-state index < -0.39 is 12.1 Å². The normalized spacial score (nSPS) is 10.6. The quantitative estimate of drug-likeness (QED) is 0.644. The summed E-state index contributed by atoms with van der Waals surface area (Å²) in [6, 6.07) is 3.96. The maximum Gasteiger partial charge on any atom is 0.407 e. The number of rotatable bonds is 5. The third-order valence-electron chi connectivity index (χ3n) is 3.96. The van der Waals surface area contributed by atoms with Crippen molar-refractivity contribution in [1.82, 2.24) is 9.88 Å². The number of aromatic hydroxyl groups is 1. The van der Waals surface area contributed by atoms with Gasteiger partial charge in [0, 0.05) is 24.9 Å². The van der Waals surface area contributed by atoms with Crippen LogP contribution in [0, 0.1) is 0 Å². The predicted octanol–water partition coefficient (Wildman–Crippen LogP) is 4.96. The lowest BCUT2D eigenvalue weighted by Crippen LogP contribution is -2.23. The third-order valence-corrected chi connectivity index (χ3v) is 4.79. The third kappa shape index (κ3) is 6.53. The highest BCUT2D eigenvalue weighted by atomic mass is 32.1. The molecule has 28 heavy (non-hydrogen) atoms. The molecule has 0 saturated carbocycles. The Balaban J connectivity index is 0.000000892. The number of phenolic OH excluding ortho intramolecular Hbond substituents is 1. The number of amides is 1. The largest absolute Gasteiger partial charge is 0.507 e. The van der Waals surface area contributed by atoms with Gasteiger partial charge >= 0.3 is 6.09 Å². The van der Waals surface area contributed by atoms with E-state index in [2.05, 4.69) is 32.7 Å². The van der Waals surface area contributed by atoms with Crippen LogP contribution in [0.2, 0.25) is 0 Å². The zero-order valence-electron chi connectivity index (χ0n) is 17.1. The number of phenols is 1. The summed E-state index contributed by atoms with van der Waals surface area (Å²) in [7, 11) is 1.53. The summed E-state index contributed by atoms with van der Waals surface area (Å²) in [5.41, 5.74) is 3.60. The monoisotopic (exact) mass is 408 g/mol. The Kier molecular flexibility index (Phi) is 8.43. The van der Waals surface area contributed by atoms with E-state index in [4.69, 9.17) is 15.0 Å². The van der Waals surface area contributed by atoms with E-state index in [0.717, 1.165) is 34.3 Å². The molecule has 7 nitrogen and oxygen atoms in total. The fourth-order valence-corrected chi connectivity index (χ4v) is 3.35. The van der Waals surface area contributed by atoms with E-state index in [1.54, 1.807) is 0 Å². The fourth-order valence-electron chi connectivity index (χ4n) is 2.49. The van der Waals surface area contributed by atoms with Crippen molar-refractivity contribution in [3.63, 3.8) is 0 Å². The van der Waals surface area contributed by atoms with Crippen molar-refractivity contribution in [2.24, 2.45) is 0 Å². The van der Waals surface area contributed by atoms with Crippen LogP contribution in [0.15, 0.2) is 17.5 Å². The minimum atomic E-state index is -0.972. The van der Waals surface area contributed by atoms with Crippen molar-refractivity contribution in [2.75, 3.05) is 7.05 Å². The standard InChI is InChI=1S/C18H24N2O3S.C2H4O2/c1-10(2)13-6-12(7-14(11(3)4)17(13)21)15-9-24-16(19-15)8-20(5)18(22)23;1-2(3)4/h6-7,9-11,21H,8H2,1-5H3,(H,22,23);1H3,(H,3,4). The van der Waals surface area contributed by atoms with Gasteiger partial charge in [-0.05, 0) is 35.1 Å². The second kappa shape index (κ2) is 10.1. The Morgan fingerprint density at radius 1 is 1.11 bits per heavy atom. The Hall–Kier alpha value is -2.61. The number of carboxylic acid groups (broad SMARTS) is 2. The molecular weight excluding hydrogens is 380 g/mol. The first-order valence-electron chi connectivity index (χ1n) is 8.89. The van der Waals surface area contributed by atoms with Crippen LogP contribution in [-0.2, 0) is 11.3 Å². The highest BCUT2D eigenvalue weighted by molar-refractivity contribution is 7.09. The zero-order chi connectivity index (χ0) is 21.6. The van der Waals surface area contributed by atoms with E-state index in [1.807, 2.05) is 17.5 Å². The summed E-state index contributed by atoms with van der Waals surface area (Å²) in [6.45, 7) is 9.56. The summed E-state index contributed by atoms with van der Waals surface area (Å²) < 4.78 is 0. The first-order chi connectivity index (χ1) is 12.9. The molecule has 0 radical (unpaired) electrons. The second-order valence-electron chi connectivity index (χ2n) is 7.10. The highest BCUT2D eigenvalue weighted by Gasteiger charge is 2.17. The summed E-state index contributed by atoms with van der Waals surface area (Å²) in [5.74, 6) is -0.0535. The molecule has 0 saturated heterocycles. The number of thiazole rings is 1. The molecular formula is C20H28N2O5S. The van der Waals surface area contributed by atoms with Crippen LogP contribution in [0.4, 0.5) is 4.79 Å². The predicted molar refractivity (Wildman–Crippen MR) is 110 cm³/mol. The molecule has 0 aliphatic carbocycles. The molecule has 1 heterocycles. The van der Waals surface area contributed by atoms with Gasteiger partial charge in [-0.1, -0.05) is 27.7 Å². The number of benzene rings is 1. The van der Waals surface area contributed by atoms with Crippen LogP contribution < -0.4 is 0 Å². The van der Waals surface area contributed by atoms with Crippen molar-refractivity contribution in [3.8, 4) is 17.0 Å². The lowest BCUT2D eigenvalue weighted by atomic mass is 9.91. The van der Waals surface area contributed by atoms with Crippen molar-refractivity contribution >= 4 is 23.4 Å². The molecule has 0 atom stereocenters. The number of nitrogens with zero attached hydrogens (tertiary/aromatic N) is 2. The lowest BCUT2D eigenvalue weighted by molar-refractivity contribution is -0.134. The SMILES string of the molecule is CC(=O)O.CC(C)c1cc(-c2csc(CN(C)C(=O)O)n2)cc(C(C)C)c1O. The first-order valence-corrected chi connectivity index (χ1v) is 9.77. The number of carbonyl (C=O) groups is 2. The summed E-state index contributed by atoms with van der Waals surface area (Å²) >= 11 is 1.44. The molecule has 8 heteroatoms. The van der Waals surface area contributed by atoms with Gasteiger partial charge in [0.25, 0.3) is 5.97 Å². The van der Waals surface area contributed by atoms with Crippen LogP contribution in [0.25, 0.3) is 11.3 Å². The second-order valence-corrected chi connectivity index (χ2v) is 8.04. The zero-order valence-corrected chi connectivity index (χ0v) is 17.9. The van der Waals surface area contributed by atoms with Crippen LogP contribution in [0.3, 0.4) is 0 Å². The number of carboxylic acids is 1. The molecule has 0 aliphatic heterocycles. The fraction of sp³-hybridized carbons (Fsp3) is 0.450. The molecule has 0 spiro atoms. The maximum absolute atomic E-state index is 10.9. The Morgan fingerprint density at radius 2 is 1.57 bits per heavy atom. The molecule has 0 unspecified atom stereocenters. The number of aliphatic carboxylic acids is 1. The van der Waals surface area contributed by atoms with Gasteiger partial charge in [0.1, 0.15) is 10.8 Å². The smallest absolute Gasteiger partial charge is 0.407 e. The average Bonchev–Trinajstić information content (AvgIpc) is 3.02. The Bertz CT molecular complexity index is 797. The van der Waals surface area contributed by atoms with Gasteiger partial charge in [0.05, 0.1) is 12.2 Å². The van der Waals surface area contributed by atoms with Crippen LogP contribution in [-0.4, -0.2) is 44.3 Å². The molecule has 0 bridgehead atoms. The van der Waals surface area contributed by atoms with E-state index in [9.17, 15) is 9.90 Å². The first kappa shape index (κ1) is 23.4. The van der Waals surface area contributed by atoms with Crippen LogP contribution in [0.1, 0.15) is 62.6 Å². The van der Waals surface area contributed by atoms with Gasteiger partial charge in [0.2, 0.25) is 0 Å². The molecule has 3 N–H and O–H groups in total. The lowest BCUT2D eigenvalue weighted by Gasteiger charge is -2.17. The van der Waals surface area contributed by atoms with Crippen molar-refractivity contribution in [2.45, 2.75) is 53.0 Å². The summed E-state index contributed by atoms with van der Waals surface area (Å²) in [5, 5.41) is 29.6. The number of hydrogen-bond acceptors (Lipinski definition) is 5. The van der Waals surface area contributed by atoms with Gasteiger partial charge in [0.15, 0.2) is 0 Å². The average molecular weight is 409 g/mol. The number of hydrogen-bond donors (Lipinski definition) is 3. The number of aromatic nitrogens is 1. The van der Waals surface area contributed by atoms with E-state index in [1.165, 1.54) is 23.3 Å². The van der Waals surface area contributed by atoms with Crippen molar-refractivity contribution in [1.29, 1.82) is 0 Å². The molecule has 1 amide bonds. The van der Waals surface area contributed by atoms with Gasteiger partial charge in [-0.15, -0.1) is 11.3 Å². The van der Waals surface area contributed by atoms with Crippen LogP contribution >= 0.6 is 11.3 Å².